The normalized spacial score (nSPS) is 15.8. The van der Waals surface area contributed by atoms with Gasteiger partial charge in [-0.1, -0.05) is 17.7 Å². The lowest BCUT2D eigenvalue weighted by molar-refractivity contribution is -0.142. The number of aryl methyl sites for hydroxylation is 2. The molecule has 3 aromatic heterocycles. The number of carbonyl (C=O) groups excluding carboxylic acids is 2. The number of alkyl halides is 6. The molecule has 6 nitrogen and oxygen atoms in total. The van der Waals surface area contributed by atoms with Crippen molar-refractivity contribution in [1.82, 2.24) is 19.9 Å². The van der Waals surface area contributed by atoms with Gasteiger partial charge in [0.1, 0.15) is 11.4 Å². The van der Waals surface area contributed by atoms with E-state index in [1.54, 1.807) is 18.2 Å². The highest BCUT2D eigenvalue weighted by atomic mass is 35.5. The van der Waals surface area contributed by atoms with Gasteiger partial charge in [0.2, 0.25) is 0 Å². The minimum Gasteiger partial charge on any atom is -0.268 e. The van der Waals surface area contributed by atoms with Crippen molar-refractivity contribution < 1.29 is 35.9 Å². The molecule has 0 radical (unpaired) electrons. The summed E-state index contributed by atoms with van der Waals surface area (Å²) in [5.74, 6) is -2.63. The Hall–Kier alpha value is -4.06. The van der Waals surface area contributed by atoms with Gasteiger partial charge < -0.3 is 0 Å². The second-order valence-corrected chi connectivity index (χ2v) is 9.26. The highest BCUT2D eigenvalue weighted by Crippen LogP contribution is 2.38. The standard InChI is InChI=1S/C27H19ClF6N4O2/c1-14-17(7-10-22(36-14)26(29,30)31)24(39)38(25(40)18-8-11-23(27(32,33)34)37-15(18)2)16-6-9-20(28)19(13-16)21-5-3-4-12-35-21/h3-12,19H,13H2,1-2H3. The first-order valence-electron chi connectivity index (χ1n) is 11.6. The first kappa shape index (κ1) is 28.9. The molecule has 1 aliphatic rings. The molecule has 0 aromatic carbocycles. The number of aromatic nitrogens is 3. The smallest absolute Gasteiger partial charge is 0.268 e. The number of halogens is 7. The van der Waals surface area contributed by atoms with Gasteiger partial charge in [-0.2, -0.15) is 26.3 Å². The van der Waals surface area contributed by atoms with Crippen molar-refractivity contribution in [3.63, 3.8) is 0 Å². The third-order valence-electron chi connectivity index (χ3n) is 6.13. The molecule has 3 heterocycles. The van der Waals surface area contributed by atoms with Crippen molar-refractivity contribution in [1.29, 1.82) is 0 Å². The molecule has 1 atom stereocenters. The molecule has 0 aliphatic heterocycles. The van der Waals surface area contributed by atoms with Gasteiger partial charge in [-0.15, -0.1) is 0 Å². The average Bonchev–Trinajstić information content (AvgIpc) is 2.89. The van der Waals surface area contributed by atoms with Gasteiger partial charge in [0.15, 0.2) is 0 Å². The first-order chi connectivity index (χ1) is 18.7. The number of pyridine rings is 3. The highest BCUT2D eigenvalue weighted by molar-refractivity contribution is 6.30. The summed E-state index contributed by atoms with van der Waals surface area (Å²) < 4.78 is 79.0. The van der Waals surface area contributed by atoms with Crippen LogP contribution in [-0.2, 0) is 12.4 Å². The molecular weight excluding hydrogens is 562 g/mol. The fourth-order valence-corrected chi connectivity index (χ4v) is 4.40. The van der Waals surface area contributed by atoms with Gasteiger partial charge in [-0.3, -0.25) is 14.6 Å². The molecule has 1 aliphatic carbocycles. The second kappa shape index (κ2) is 10.8. The maximum atomic E-state index is 13.8. The molecule has 1 unspecified atom stereocenters. The third kappa shape index (κ3) is 5.91. The van der Waals surface area contributed by atoms with Crippen LogP contribution in [0.25, 0.3) is 0 Å². The summed E-state index contributed by atoms with van der Waals surface area (Å²) in [6.07, 6.45) is -5.20. The number of carbonyl (C=O) groups is 2. The third-order valence-corrected chi connectivity index (χ3v) is 6.52. The van der Waals surface area contributed by atoms with Crippen LogP contribution in [0, 0.1) is 13.8 Å². The minimum atomic E-state index is -4.77. The van der Waals surface area contributed by atoms with E-state index < -0.39 is 41.5 Å². The van der Waals surface area contributed by atoms with Crippen molar-refractivity contribution in [2.45, 2.75) is 38.5 Å². The largest absolute Gasteiger partial charge is 0.433 e. The lowest BCUT2D eigenvalue weighted by Crippen LogP contribution is -2.38. The number of amides is 2. The highest BCUT2D eigenvalue weighted by Gasteiger charge is 2.37. The molecule has 0 spiro atoms. The summed E-state index contributed by atoms with van der Waals surface area (Å²) in [5.41, 5.74) is -3.07. The Labute approximate surface area is 229 Å². The lowest BCUT2D eigenvalue weighted by atomic mass is 9.92. The van der Waals surface area contributed by atoms with Gasteiger partial charge in [0, 0.05) is 35.0 Å². The molecule has 208 valence electrons. The molecule has 4 rings (SSSR count). The maximum absolute atomic E-state index is 13.8. The molecule has 40 heavy (non-hydrogen) atoms. The maximum Gasteiger partial charge on any atom is 0.433 e. The average molecular weight is 581 g/mol. The van der Waals surface area contributed by atoms with Gasteiger partial charge >= 0.3 is 12.4 Å². The zero-order chi connectivity index (χ0) is 29.4. The fourth-order valence-electron chi connectivity index (χ4n) is 4.14. The Kier molecular flexibility index (Phi) is 7.84. The Morgan fingerprint density at radius 1 is 0.825 bits per heavy atom. The minimum absolute atomic E-state index is 0.0238. The van der Waals surface area contributed by atoms with E-state index in [4.69, 9.17) is 11.6 Å². The molecule has 0 fully saturated rings. The van der Waals surface area contributed by atoms with Crippen LogP contribution < -0.4 is 0 Å². The van der Waals surface area contributed by atoms with E-state index in [2.05, 4.69) is 15.0 Å². The lowest BCUT2D eigenvalue weighted by Gasteiger charge is -2.29. The first-order valence-corrected chi connectivity index (χ1v) is 12.0. The Morgan fingerprint density at radius 3 is 1.77 bits per heavy atom. The topological polar surface area (TPSA) is 76.1 Å². The van der Waals surface area contributed by atoms with Crippen LogP contribution in [0.5, 0.6) is 0 Å². The monoisotopic (exact) mass is 580 g/mol. The van der Waals surface area contributed by atoms with Gasteiger partial charge in [-0.25, -0.2) is 14.9 Å². The number of rotatable bonds is 4. The van der Waals surface area contributed by atoms with E-state index in [1.807, 2.05) is 0 Å². The van der Waals surface area contributed by atoms with E-state index in [-0.39, 0.29) is 34.6 Å². The predicted octanol–water partition coefficient (Wildman–Crippen LogP) is 7.00. The van der Waals surface area contributed by atoms with Gasteiger partial charge in [0.25, 0.3) is 11.8 Å². The molecule has 2 amide bonds. The molecular formula is C27H19ClF6N4O2. The zero-order valence-electron chi connectivity index (χ0n) is 20.8. The van der Waals surface area contributed by atoms with E-state index in [0.29, 0.717) is 27.8 Å². The summed E-state index contributed by atoms with van der Waals surface area (Å²) in [6.45, 7) is 2.36. The number of allylic oxidation sites excluding steroid dienone is 4. The van der Waals surface area contributed by atoms with E-state index in [1.165, 1.54) is 32.2 Å². The second-order valence-electron chi connectivity index (χ2n) is 8.82. The summed E-state index contributed by atoms with van der Waals surface area (Å²) in [6, 6.07) is 8.09. The summed E-state index contributed by atoms with van der Waals surface area (Å²) in [5, 5.41) is 0.349. The fraction of sp³-hybridized carbons (Fsp3) is 0.222. The molecule has 13 heteroatoms. The molecule has 3 aromatic rings. The van der Waals surface area contributed by atoms with Gasteiger partial charge in [-0.05, 0) is 62.4 Å². The van der Waals surface area contributed by atoms with Crippen molar-refractivity contribution in [3.8, 4) is 0 Å². The Bertz CT molecular complexity index is 1460. The van der Waals surface area contributed by atoms with Crippen molar-refractivity contribution in [3.05, 3.63) is 111 Å². The van der Waals surface area contributed by atoms with E-state index in [0.717, 1.165) is 12.1 Å². The van der Waals surface area contributed by atoms with Crippen molar-refractivity contribution in [2.24, 2.45) is 0 Å². The Balaban J connectivity index is 1.81. The summed E-state index contributed by atoms with van der Waals surface area (Å²) >= 11 is 6.41. The van der Waals surface area contributed by atoms with Crippen LogP contribution in [0.4, 0.5) is 26.3 Å². The summed E-state index contributed by atoms with van der Waals surface area (Å²) in [7, 11) is 0. The molecule has 0 saturated heterocycles. The van der Waals surface area contributed by atoms with E-state index >= 15 is 0 Å². The van der Waals surface area contributed by atoms with Crippen LogP contribution in [0.15, 0.2) is 71.5 Å². The molecule has 0 saturated carbocycles. The Morgan fingerprint density at radius 2 is 1.35 bits per heavy atom. The predicted molar refractivity (Wildman–Crippen MR) is 132 cm³/mol. The number of hydrogen-bond acceptors (Lipinski definition) is 5. The SMILES string of the molecule is Cc1nc(C(F)(F)F)ccc1C(=O)N(C(=O)c1ccc(C(F)(F)F)nc1C)C1=CC=C(Cl)C(c2ccccn2)C1. The number of imide groups is 1. The van der Waals surface area contributed by atoms with E-state index in [9.17, 15) is 35.9 Å². The van der Waals surface area contributed by atoms with Crippen molar-refractivity contribution >= 4 is 23.4 Å². The van der Waals surface area contributed by atoms with Gasteiger partial charge in [0.05, 0.1) is 22.5 Å². The van der Waals surface area contributed by atoms with Crippen LogP contribution >= 0.6 is 11.6 Å². The van der Waals surface area contributed by atoms with Crippen LogP contribution in [-0.4, -0.2) is 31.7 Å². The number of nitrogens with zero attached hydrogens (tertiary/aromatic N) is 4. The zero-order valence-corrected chi connectivity index (χ0v) is 21.6. The van der Waals surface area contributed by atoms with Crippen LogP contribution in [0.3, 0.4) is 0 Å². The van der Waals surface area contributed by atoms with Crippen LogP contribution in [0.2, 0.25) is 0 Å². The summed E-state index contributed by atoms with van der Waals surface area (Å²) in [4.78, 5) is 39.5. The number of hydrogen-bond donors (Lipinski definition) is 0. The molecule has 0 bridgehead atoms. The van der Waals surface area contributed by atoms with Crippen LogP contribution in [0.1, 0.15) is 61.5 Å². The molecule has 0 N–H and O–H groups in total. The van der Waals surface area contributed by atoms with Crippen molar-refractivity contribution in [2.75, 3.05) is 0 Å². The quantitative estimate of drug-likeness (QED) is 0.245.